The molecule has 0 N–H and O–H groups in total. The lowest BCUT2D eigenvalue weighted by molar-refractivity contribution is -0.133. The van der Waals surface area contributed by atoms with Crippen molar-refractivity contribution < 1.29 is 9.21 Å². The summed E-state index contributed by atoms with van der Waals surface area (Å²) in [6.45, 7) is 6.81. The summed E-state index contributed by atoms with van der Waals surface area (Å²) in [5.74, 6) is 0.209. The predicted octanol–water partition coefficient (Wildman–Crippen LogP) is 3.46. The Hall–Kier alpha value is -1.79. The molecule has 6 nitrogen and oxygen atoms in total. The molecule has 1 aliphatic carbocycles. The summed E-state index contributed by atoms with van der Waals surface area (Å²) < 4.78 is 5.95. The lowest BCUT2D eigenvalue weighted by Gasteiger charge is -2.34. The molecule has 2 unspecified atom stereocenters. The van der Waals surface area contributed by atoms with Crippen molar-refractivity contribution in [1.29, 1.82) is 0 Å². The number of carbonyl (C=O) groups is 1. The van der Waals surface area contributed by atoms with Crippen molar-refractivity contribution in [3.63, 3.8) is 0 Å². The fourth-order valence-corrected chi connectivity index (χ4v) is 4.08. The Morgan fingerprint density at radius 2 is 2.04 bits per heavy atom. The predicted molar refractivity (Wildman–Crippen MR) is 101 cm³/mol. The molecule has 2 atom stereocenters. The number of allylic oxidation sites excluding steroid dienone is 1. The molecule has 4 rings (SSSR count). The number of pyridine rings is 1. The number of piperazine rings is 1. The smallest absolute Gasteiger partial charge is 0.299 e. The Labute approximate surface area is 161 Å². The monoisotopic (exact) mass is 394 g/mol. The van der Waals surface area contributed by atoms with Gasteiger partial charge in [0.15, 0.2) is 0 Å². The minimum Gasteiger partial charge on any atom is -0.404 e. The zero-order valence-electron chi connectivity index (χ0n) is 14.7. The number of anilines is 1. The normalized spacial score (nSPS) is 24.6. The third-order valence-corrected chi connectivity index (χ3v) is 5.75. The van der Waals surface area contributed by atoms with E-state index < -0.39 is 0 Å². The number of aromatic nitrogens is 2. The molecule has 138 valence electrons. The first-order chi connectivity index (χ1) is 12.4. The summed E-state index contributed by atoms with van der Waals surface area (Å²) in [5.41, 5.74) is 1.18. The highest BCUT2D eigenvalue weighted by Gasteiger charge is 2.61. The van der Waals surface area contributed by atoms with Gasteiger partial charge >= 0.3 is 0 Å². The first-order valence-electron chi connectivity index (χ1n) is 8.66. The van der Waals surface area contributed by atoms with Crippen LogP contribution in [-0.2, 0) is 4.79 Å². The maximum Gasteiger partial charge on any atom is 0.299 e. The van der Waals surface area contributed by atoms with E-state index in [1.165, 1.54) is 0 Å². The lowest BCUT2D eigenvalue weighted by Crippen LogP contribution is -2.49. The van der Waals surface area contributed by atoms with Crippen molar-refractivity contribution in [2.24, 2.45) is 17.3 Å². The first-order valence-corrected chi connectivity index (χ1v) is 9.41. The molecule has 0 radical (unpaired) electrons. The quantitative estimate of drug-likeness (QED) is 0.797. The van der Waals surface area contributed by atoms with E-state index in [0.29, 0.717) is 37.9 Å². The fraction of sp³-hybridized carbons (Fsp3) is 0.500. The molecule has 0 spiro atoms. The number of rotatable bonds is 3. The van der Waals surface area contributed by atoms with E-state index in [1.54, 1.807) is 12.3 Å². The van der Waals surface area contributed by atoms with Gasteiger partial charge in [0.25, 0.3) is 6.01 Å². The molecular weight excluding hydrogens is 375 g/mol. The van der Waals surface area contributed by atoms with Gasteiger partial charge in [-0.1, -0.05) is 37.0 Å². The molecule has 2 aromatic heterocycles. The Morgan fingerprint density at radius 3 is 2.69 bits per heavy atom. The van der Waals surface area contributed by atoms with Crippen molar-refractivity contribution in [2.75, 3.05) is 31.1 Å². The molecule has 3 heterocycles. The van der Waals surface area contributed by atoms with Crippen molar-refractivity contribution >= 4 is 46.4 Å². The van der Waals surface area contributed by atoms with Gasteiger partial charge in [-0.05, 0) is 29.5 Å². The SMILES string of the molecule is CC1(C)C(C=C(Cl)Cl)C1C(=O)N1CCN(c2nc3cccnc3o2)CC1. The van der Waals surface area contributed by atoms with E-state index in [-0.39, 0.29) is 27.6 Å². The van der Waals surface area contributed by atoms with Crippen LogP contribution in [0.4, 0.5) is 6.01 Å². The van der Waals surface area contributed by atoms with Crippen LogP contribution < -0.4 is 4.90 Å². The molecule has 0 aromatic carbocycles. The molecule has 26 heavy (non-hydrogen) atoms. The van der Waals surface area contributed by atoms with Gasteiger partial charge in [-0.25, -0.2) is 4.98 Å². The Bertz CT molecular complexity index is 834. The molecule has 2 aromatic rings. The first kappa shape index (κ1) is 17.6. The summed E-state index contributed by atoms with van der Waals surface area (Å²) in [6, 6.07) is 4.27. The zero-order chi connectivity index (χ0) is 18.5. The fourth-order valence-electron chi connectivity index (χ4n) is 3.80. The second-order valence-corrected chi connectivity index (χ2v) is 8.43. The van der Waals surface area contributed by atoms with Crippen LogP contribution in [0.15, 0.2) is 33.3 Å². The molecule has 8 heteroatoms. The van der Waals surface area contributed by atoms with Crippen molar-refractivity contribution in [3.8, 4) is 0 Å². The van der Waals surface area contributed by atoms with Gasteiger partial charge in [0.2, 0.25) is 11.6 Å². The van der Waals surface area contributed by atoms with Gasteiger partial charge in [0.1, 0.15) is 10.0 Å². The van der Waals surface area contributed by atoms with E-state index in [9.17, 15) is 4.79 Å². The number of hydrogen-bond acceptors (Lipinski definition) is 5. The Morgan fingerprint density at radius 1 is 1.31 bits per heavy atom. The van der Waals surface area contributed by atoms with Crippen molar-refractivity contribution in [2.45, 2.75) is 13.8 Å². The van der Waals surface area contributed by atoms with Gasteiger partial charge < -0.3 is 14.2 Å². The standard InChI is InChI=1S/C18H20Cl2N4O2/c1-18(2)11(10-13(19)20)14(18)16(25)23-6-8-24(9-7-23)17-22-12-4-3-5-21-15(12)26-17/h3-5,10-11,14H,6-9H2,1-2H3. The maximum atomic E-state index is 12.9. The van der Waals surface area contributed by atoms with Crippen LogP contribution in [0.5, 0.6) is 0 Å². The Balaban J connectivity index is 1.40. The van der Waals surface area contributed by atoms with Gasteiger partial charge in [-0.15, -0.1) is 0 Å². The largest absolute Gasteiger partial charge is 0.404 e. The van der Waals surface area contributed by atoms with Crippen LogP contribution in [-0.4, -0.2) is 47.0 Å². The van der Waals surface area contributed by atoms with E-state index in [2.05, 4.69) is 28.7 Å². The lowest BCUT2D eigenvalue weighted by atomic mass is 10.1. The molecule has 0 bridgehead atoms. The molecule has 2 aliphatic rings. The van der Waals surface area contributed by atoms with Crippen LogP contribution >= 0.6 is 23.2 Å². The third kappa shape index (κ3) is 3.05. The summed E-state index contributed by atoms with van der Waals surface area (Å²) in [5, 5.41) is 0. The van der Waals surface area contributed by atoms with Crippen LogP contribution in [0.25, 0.3) is 11.2 Å². The van der Waals surface area contributed by atoms with Crippen LogP contribution in [0.2, 0.25) is 0 Å². The summed E-state index contributed by atoms with van der Waals surface area (Å²) in [6.07, 6.45) is 3.47. The number of oxazole rings is 1. The topological polar surface area (TPSA) is 62.5 Å². The van der Waals surface area contributed by atoms with Crippen LogP contribution in [0, 0.1) is 17.3 Å². The summed E-state index contributed by atoms with van der Waals surface area (Å²) in [4.78, 5) is 25.5. The second-order valence-electron chi connectivity index (χ2n) is 7.42. The van der Waals surface area contributed by atoms with Gasteiger partial charge in [0, 0.05) is 32.4 Å². The average Bonchev–Trinajstić information content (AvgIpc) is 2.96. The van der Waals surface area contributed by atoms with Gasteiger partial charge in [0.05, 0.1) is 5.92 Å². The number of amides is 1. The van der Waals surface area contributed by atoms with Gasteiger partial charge in [-0.2, -0.15) is 4.98 Å². The highest BCUT2D eigenvalue weighted by Crippen LogP contribution is 2.60. The highest BCUT2D eigenvalue weighted by atomic mass is 35.5. The summed E-state index contributed by atoms with van der Waals surface area (Å²) >= 11 is 11.6. The van der Waals surface area contributed by atoms with E-state index in [4.69, 9.17) is 27.6 Å². The zero-order valence-corrected chi connectivity index (χ0v) is 16.2. The minimum atomic E-state index is -0.102. The van der Waals surface area contributed by atoms with Crippen molar-refractivity contribution in [3.05, 3.63) is 28.9 Å². The van der Waals surface area contributed by atoms with E-state index >= 15 is 0 Å². The van der Waals surface area contributed by atoms with Gasteiger partial charge in [-0.3, -0.25) is 4.79 Å². The number of fused-ring (bicyclic) bond motifs is 1. The van der Waals surface area contributed by atoms with E-state index in [1.807, 2.05) is 17.0 Å². The number of carbonyl (C=O) groups excluding carboxylic acids is 1. The van der Waals surface area contributed by atoms with Crippen molar-refractivity contribution in [1.82, 2.24) is 14.9 Å². The number of halogens is 2. The minimum absolute atomic E-state index is 0.0601. The third-order valence-electron chi connectivity index (χ3n) is 5.50. The molecule has 1 saturated heterocycles. The molecule has 2 fully saturated rings. The second kappa shape index (κ2) is 6.43. The van der Waals surface area contributed by atoms with Crippen LogP contribution in [0.1, 0.15) is 13.8 Å². The van der Waals surface area contributed by atoms with Crippen LogP contribution in [0.3, 0.4) is 0 Å². The van der Waals surface area contributed by atoms with E-state index in [0.717, 1.165) is 5.52 Å². The Kier molecular flexibility index (Phi) is 4.35. The maximum absolute atomic E-state index is 12.9. The highest BCUT2D eigenvalue weighted by molar-refractivity contribution is 6.55. The molecule has 1 aliphatic heterocycles. The molecular formula is C18H20Cl2N4O2. The molecule has 1 amide bonds. The number of nitrogens with zero attached hydrogens (tertiary/aromatic N) is 4. The number of hydrogen-bond donors (Lipinski definition) is 0. The summed E-state index contributed by atoms with van der Waals surface area (Å²) in [7, 11) is 0. The molecule has 1 saturated carbocycles. The average molecular weight is 395 g/mol.